The Balaban J connectivity index is 1.18. The lowest BCUT2D eigenvalue weighted by atomic mass is 10.0. The number of hydrogen-bond donors (Lipinski definition) is 5. The Hall–Kier alpha value is -5.58. The Morgan fingerprint density at radius 2 is 1.52 bits per heavy atom. The second-order valence-corrected chi connectivity index (χ2v) is 16.3. The number of aromatic nitrogens is 2. The van der Waals surface area contributed by atoms with Crippen molar-refractivity contribution in [2.24, 2.45) is 0 Å². The maximum atomic E-state index is 13.8. The van der Waals surface area contributed by atoms with E-state index in [9.17, 15) is 24.3 Å². The number of unbranched alkanes of at least 4 members (excludes halogenated alkanes) is 5. The average molecular weight is 792 g/mol. The number of aryl methyl sites for hydroxylation is 1. The molecular weight excluding hydrogens is 731 g/mol. The van der Waals surface area contributed by atoms with Crippen molar-refractivity contribution in [3.8, 4) is 17.0 Å². The van der Waals surface area contributed by atoms with E-state index in [2.05, 4.69) is 44.9 Å². The summed E-state index contributed by atoms with van der Waals surface area (Å²) in [6.07, 6.45) is 6.53. The van der Waals surface area contributed by atoms with Gasteiger partial charge in [0.2, 0.25) is 11.8 Å². The number of nitrogens with one attached hydrogen (secondary N) is 4. The van der Waals surface area contributed by atoms with E-state index in [-0.39, 0.29) is 24.0 Å². The molecular formula is C47H61N5O6. The number of benzene rings is 3. The van der Waals surface area contributed by atoms with Gasteiger partial charge in [0.25, 0.3) is 0 Å². The fourth-order valence-corrected chi connectivity index (χ4v) is 7.63. The van der Waals surface area contributed by atoms with Crippen molar-refractivity contribution < 1.29 is 29.0 Å². The molecule has 310 valence electrons. The third kappa shape index (κ3) is 12.2. The van der Waals surface area contributed by atoms with Crippen LogP contribution in [-0.4, -0.2) is 74.9 Å². The van der Waals surface area contributed by atoms with Crippen molar-refractivity contribution in [3.05, 3.63) is 89.6 Å². The van der Waals surface area contributed by atoms with Gasteiger partial charge < -0.3 is 40.1 Å². The molecule has 3 aromatic carbocycles. The molecule has 0 aliphatic heterocycles. The molecule has 0 saturated heterocycles. The summed E-state index contributed by atoms with van der Waals surface area (Å²) in [6.45, 7) is 10.7. The highest BCUT2D eigenvalue weighted by Gasteiger charge is 2.25. The zero-order valence-electron chi connectivity index (χ0n) is 34.8. The first-order chi connectivity index (χ1) is 27.8. The summed E-state index contributed by atoms with van der Waals surface area (Å²) in [4.78, 5) is 59.0. The minimum absolute atomic E-state index is 0.0983. The predicted octanol–water partition coefficient (Wildman–Crippen LogP) is 9.27. The van der Waals surface area contributed by atoms with Gasteiger partial charge in [-0.3, -0.25) is 9.59 Å². The first-order valence-electron chi connectivity index (χ1n) is 20.8. The van der Waals surface area contributed by atoms with Crippen molar-refractivity contribution in [3.63, 3.8) is 0 Å². The van der Waals surface area contributed by atoms with Crippen molar-refractivity contribution in [2.75, 3.05) is 19.7 Å². The number of carboxylic acid groups (broad SMARTS) is 1. The molecule has 5 rings (SSSR count). The van der Waals surface area contributed by atoms with Gasteiger partial charge in [-0.15, -0.1) is 0 Å². The van der Waals surface area contributed by atoms with E-state index < -0.39 is 17.7 Å². The topological polar surface area (TPSA) is 157 Å². The smallest absolute Gasteiger partial charge is 0.407 e. The zero-order valence-corrected chi connectivity index (χ0v) is 34.8. The largest absolute Gasteiger partial charge is 0.494 e. The summed E-state index contributed by atoms with van der Waals surface area (Å²) >= 11 is 0. The molecule has 3 amide bonds. The number of hydrogen-bond acceptors (Lipinski definition) is 5. The lowest BCUT2D eigenvalue weighted by Crippen LogP contribution is -2.47. The van der Waals surface area contributed by atoms with Gasteiger partial charge in [0, 0.05) is 58.2 Å². The van der Waals surface area contributed by atoms with Gasteiger partial charge in [-0.2, -0.15) is 0 Å². The summed E-state index contributed by atoms with van der Waals surface area (Å²) in [5.74, 6) is 0.400. The number of rotatable bonds is 22. The summed E-state index contributed by atoms with van der Waals surface area (Å²) in [5, 5.41) is 17.7. The molecule has 5 aromatic rings. The SMILES string of the molecule is CC(=O)CCCCC[C@H](NC(=O)Cc1c(C)[nH]c2ccc(OCCCCCCN(C(=O)O)C(C)(C)C)cc12)C(=O)NCCc1c(-c2ccccc2)[nH]c2ccccc12. The van der Waals surface area contributed by atoms with Crippen LogP contribution in [0.1, 0.15) is 102 Å². The third-order valence-electron chi connectivity index (χ3n) is 10.7. The molecule has 11 nitrogen and oxygen atoms in total. The van der Waals surface area contributed by atoms with E-state index >= 15 is 0 Å². The Labute approximate surface area is 342 Å². The highest BCUT2D eigenvalue weighted by atomic mass is 16.5. The molecule has 0 bridgehead atoms. The van der Waals surface area contributed by atoms with E-state index in [4.69, 9.17) is 4.74 Å². The van der Waals surface area contributed by atoms with Crippen LogP contribution in [-0.2, 0) is 27.2 Å². The van der Waals surface area contributed by atoms with Crippen LogP contribution in [0, 0.1) is 6.92 Å². The predicted molar refractivity (Wildman–Crippen MR) is 231 cm³/mol. The molecule has 5 N–H and O–H groups in total. The summed E-state index contributed by atoms with van der Waals surface area (Å²) in [5.41, 5.74) is 6.50. The average Bonchev–Trinajstić information content (AvgIpc) is 3.70. The standard InChI is InChI=1S/C47H61N5O6/c1-32(53)18-10-8-13-23-42(45(55)48-27-26-37-36-21-14-15-22-40(36)51-44(37)34-19-11-9-12-20-34)50-43(54)31-38-33(2)49-41-25-24-35(30-39(38)41)58-29-17-7-6-16-28-52(46(56)57)47(3,4)5/h9,11-12,14-15,19-22,24-25,30,42,49,51H,6-8,10,13,16-18,23,26-29,31H2,1-5H3,(H,48,55)(H,50,54)(H,56,57)/t42-/m0/s1. The number of nitrogens with zero attached hydrogens (tertiary/aromatic N) is 1. The van der Waals surface area contributed by atoms with Gasteiger partial charge in [0.05, 0.1) is 13.0 Å². The third-order valence-corrected chi connectivity index (χ3v) is 10.7. The van der Waals surface area contributed by atoms with Gasteiger partial charge in [-0.1, -0.05) is 74.2 Å². The molecule has 58 heavy (non-hydrogen) atoms. The lowest BCUT2D eigenvalue weighted by molar-refractivity contribution is -0.128. The molecule has 1 atom stereocenters. The normalized spacial score (nSPS) is 12.1. The molecule has 0 saturated carbocycles. The minimum atomic E-state index is -0.892. The highest BCUT2D eigenvalue weighted by Crippen LogP contribution is 2.31. The Morgan fingerprint density at radius 1 is 0.810 bits per heavy atom. The number of fused-ring (bicyclic) bond motifs is 2. The number of ketones is 1. The van der Waals surface area contributed by atoms with Crippen molar-refractivity contribution in [1.29, 1.82) is 0 Å². The minimum Gasteiger partial charge on any atom is -0.494 e. The van der Waals surface area contributed by atoms with E-state index in [0.29, 0.717) is 51.1 Å². The number of H-pyrrole nitrogens is 2. The number of amides is 3. The number of Topliss-reactive ketones (excluding diaryl/α,β-unsaturated/α-hetero) is 1. The van der Waals surface area contributed by atoms with Crippen LogP contribution in [0.15, 0.2) is 72.8 Å². The van der Waals surface area contributed by atoms with Gasteiger partial charge in [-0.05, 0) is 108 Å². The van der Waals surface area contributed by atoms with Gasteiger partial charge in [0.1, 0.15) is 17.6 Å². The molecule has 2 aromatic heterocycles. The van der Waals surface area contributed by atoms with E-state index in [1.807, 2.05) is 76.2 Å². The Bertz CT molecular complexity index is 2150. The molecule has 0 radical (unpaired) electrons. The van der Waals surface area contributed by atoms with Crippen LogP contribution in [0.5, 0.6) is 5.75 Å². The second kappa shape index (κ2) is 20.7. The maximum Gasteiger partial charge on any atom is 0.407 e. The highest BCUT2D eigenvalue weighted by molar-refractivity contribution is 5.94. The van der Waals surface area contributed by atoms with Crippen molar-refractivity contribution in [2.45, 2.75) is 117 Å². The first kappa shape index (κ1) is 43.5. The van der Waals surface area contributed by atoms with Crippen molar-refractivity contribution in [1.82, 2.24) is 25.5 Å². The van der Waals surface area contributed by atoms with Gasteiger partial charge in [-0.25, -0.2) is 4.79 Å². The van der Waals surface area contributed by atoms with Crippen LogP contribution in [0.2, 0.25) is 0 Å². The first-order valence-corrected chi connectivity index (χ1v) is 20.8. The molecule has 0 aliphatic rings. The molecule has 0 fully saturated rings. The number of carbonyl (C=O) groups excluding carboxylic acids is 3. The van der Waals surface area contributed by atoms with E-state index in [0.717, 1.165) is 88.4 Å². The zero-order chi connectivity index (χ0) is 41.7. The number of ether oxygens (including phenoxy) is 1. The summed E-state index contributed by atoms with van der Waals surface area (Å²) in [6, 6.07) is 23.5. The molecule has 0 aliphatic carbocycles. The Morgan fingerprint density at radius 3 is 2.26 bits per heavy atom. The number of para-hydroxylation sites is 1. The fourth-order valence-electron chi connectivity index (χ4n) is 7.63. The van der Waals surface area contributed by atoms with Crippen LogP contribution < -0.4 is 15.4 Å². The van der Waals surface area contributed by atoms with Gasteiger partial charge in [0.15, 0.2) is 0 Å². The van der Waals surface area contributed by atoms with Crippen LogP contribution in [0.4, 0.5) is 4.79 Å². The summed E-state index contributed by atoms with van der Waals surface area (Å²) in [7, 11) is 0. The summed E-state index contributed by atoms with van der Waals surface area (Å²) < 4.78 is 6.10. The van der Waals surface area contributed by atoms with Crippen LogP contribution >= 0.6 is 0 Å². The monoisotopic (exact) mass is 791 g/mol. The molecule has 0 spiro atoms. The molecule has 11 heteroatoms. The van der Waals surface area contributed by atoms with E-state index in [1.165, 1.54) is 4.90 Å². The molecule has 0 unspecified atom stereocenters. The fraction of sp³-hybridized carbons (Fsp3) is 0.447. The quantitative estimate of drug-likeness (QED) is 0.0440. The van der Waals surface area contributed by atoms with Crippen molar-refractivity contribution >= 4 is 45.5 Å². The van der Waals surface area contributed by atoms with Gasteiger partial charge >= 0.3 is 6.09 Å². The number of aromatic amines is 2. The second-order valence-electron chi connectivity index (χ2n) is 16.3. The Kier molecular flexibility index (Phi) is 15.6. The maximum absolute atomic E-state index is 13.8. The number of carbonyl (C=O) groups is 4. The van der Waals surface area contributed by atoms with Crippen LogP contribution in [0.3, 0.4) is 0 Å². The lowest BCUT2D eigenvalue weighted by Gasteiger charge is -2.33. The van der Waals surface area contributed by atoms with Crippen LogP contribution in [0.25, 0.3) is 33.1 Å². The van der Waals surface area contributed by atoms with E-state index in [1.54, 1.807) is 6.92 Å². The molecule has 2 heterocycles.